The quantitative estimate of drug-likeness (QED) is 0.0242. The average Bonchev–Trinajstić information content (AvgIpc) is 0.833. The topological polar surface area (TPSA) is 185 Å². The van der Waals surface area contributed by atoms with Crippen molar-refractivity contribution < 1.29 is 68.6 Å². The molecule has 0 spiro atoms. The second-order valence-corrected chi connectivity index (χ2v) is 33.7. The average molecular weight is 1440 g/mol. The molecule has 0 aromatic carbocycles. The van der Waals surface area contributed by atoms with Crippen molar-refractivity contribution in [2.45, 2.75) is 487 Å². The lowest BCUT2D eigenvalue weighted by Crippen LogP contribution is -2.50. The maximum absolute atomic E-state index is 14.6. The van der Waals surface area contributed by atoms with Crippen molar-refractivity contribution in [3.05, 3.63) is 0 Å². The first-order valence-corrected chi connectivity index (χ1v) is 43.1. The fourth-order valence-electron chi connectivity index (χ4n) is 13.4. The molecular formula is C84H159AlO15. The number of hydrogen-bond donors (Lipinski definition) is 0. The standard InChI is InChI=1S/3C28H54O5.Al/c3*1-23(2)20-18-16-14-12-10-8-7-9-11-13-15-17-19-21-28(32-24(3)4,33-25(5)6)26(29)22-27(30)31;/h3*23-25H,7-22H2,1-6H3,(H,30,31);/q;;;+3/p-3. The third-order valence-electron chi connectivity index (χ3n) is 18.3. The van der Waals surface area contributed by atoms with Gasteiger partial charge in [0.25, 0.3) is 17.9 Å². The smallest absolute Gasteiger partial charge is 0.550 e. The van der Waals surface area contributed by atoms with Crippen LogP contribution in [-0.2, 0) is 68.6 Å². The molecule has 0 aliphatic rings. The van der Waals surface area contributed by atoms with E-state index in [0.717, 1.165) is 94.8 Å². The number of hydrogen-bond acceptors (Lipinski definition) is 15. The molecule has 16 heteroatoms. The molecule has 0 atom stereocenters. The molecule has 0 aliphatic carbocycles. The molecule has 0 unspecified atom stereocenters. The largest absolute Gasteiger partial charge is 1.20 e. The Hall–Kier alpha value is -2.29. The van der Waals surface area contributed by atoms with Crippen LogP contribution in [0.5, 0.6) is 0 Å². The van der Waals surface area contributed by atoms with Gasteiger partial charge in [0.1, 0.15) is 19.3 Å². The van der Waals surface area contributed by atoms with Crippen LogP contribution in [-0.4, -0.2) is 104 Å². The molecule has 0 aromatic rings. The minimum atomic E-state index is -4.34. The molecule has 588 valence electrons. The third kappa shape index (κ3) is 53.5. The van der Waals surface area contributed by atoms with Gasteiger partial charge in [-0.25, -0.2) is 0 Å². The number of ketones is 3. The van der Waals surface area contributed by atoms with Crippen LogP contribution in [0, 0.1) is 17.8 Å². The summed E-state index contributed by atoms with van der Waals surface area (Å²) < 4.78 is 55.3. The number of unbranched alkanes of at least 4 members (excludes halogenated alkanes) is 36. The summed E-state index contributed by atoms with van der Waals surface area (Å²) >= 11 is -4.34. The van der Waals surface area contributed by atoms with E-state index in [-0.39, 0.29) is 19.3 Å². The van der Waals surface area contributed by atoms with Crippen LogP contribution in [0.15, 0.2) is 0 Å². The van der Waals surface area contributed by atoms with E-state index >= 15 is 0 Å². The summed E-state index contributed by atoms with van der Waals surface area (Å²) in [6, 6.07) is 0. The highest BCUT2D eigenvalue weighted by molar-refractivity contribution is 6.45. The van der Waals surface area contributed by atoms with E-state index < -0.39 is 124 Å². The fraction of sp³-hybridized carbons (Fsp3) is 0.929. The van der Waals surface area contributed by atoms with E-state index in [1.165, 1.54) is 173 Å². The van der Waals surface area contributed by atoms with Gasteiger partial charge in [0.15, 0.2) is 0 Å². The minimum absolute atomic E-state index is 0.178. The molecule has 15 nitrogen and oxygen atoms in total. The van der Waals surface area contributed by atoms with E-state index in [1.807, 2.05) is 0 Å². The van der Waals surface area contributed by atoms with E-state index in [9.17, 15) is 28.8 Å². The Balaban J connectivity index is 6.56. The highest BCUT2D eigenvalue weighted by Gasteiger charge is 2.53. The van der Waals surface area contributed by atoms with E-state index in [2.05, 4.69) is 41.5 Å². The SMILES string of the molecule is CC(C)CCCCCCCCCCCCCCCC(OC(C)C)(OC(C)C)C(=O)CC(=O)[O][Al]([O]C(=O)CC(=O)C(CCCCCCCCCCCCCCCC(C)C)(OC(C)C)OC(C)C)[O]C(=O)CC(=O)C(CCCCCCCCCCCCCCCC(C)C)(OC(C)C)OC(C)C. The monoisotopic (exact) mass is 1440 g/mol. The normalized spacial score (nSPS) is 12.5. The zero-order chi connectivity index (χ0) is 75.0. The Morgan fingerprint density at radius 1 is 0.220 bits per heavy atom. The first-order valence-electron chi connectivity index (χ1n) is 41.7. The Morgan fingerprint density at radius 3 is 0.500 bits per heavy atom. The molecule has 0 fully saturated rings. The predicted octanol–water partition coefficient (Wildman–Crippen LogP) is 23.6. The number of carbonyl (C=O) groups is 6. The van der Waals surface area contributed by atoms with Gasteiger partial charge in [-0.2, -0.15) is 0 Å². The molecular weight excluding hydrogens is 1280 g/mol. The van der Waals surface area contributed by atoms with Crippen LogP contribution >= 0.6 is 0 Å². The van der Waals surface area contributed by atoms with Gasteiger partial charge >= 0.3 is 15.1 Å². The Labute approximate surface area is 620 Å². The second kappa shape index (κ2) is 60.8. The van der Waals surface area contributed by atoms with Gasteiger partial charge in [-0.3, -0.25) is 28.8 Å². The van der Waals surface area contributed by atoms with Crippen molar-refractivity contribution in [1.82, 2.24) is 0 Å². The van der Waals surface area contributed by atoms with Crippen molar-refractivity contribution in [2.24, 2.45) is 17.8 Å². The van der Waals surface area contributed by atoms with Gasteiger partial charge in [0, 0.05) is 19.3 Å². The molecule has 0 radical (unpaired) electrons. The first kappa shape index (κ1) is 97.7. The van der Waals surface area contributed by atoms with Crippen LogP contribution in [0.1, 0.15) is 433 Å². The lowest BCUT2D eigenvalue weighted by Gasteiger charge is -2.36. The molecule has 0 N–H and O–H groups in total. The summed E-state index contributed by atoms with van der Waals surface area (Å²) in [7, 11) is 0. The maximum Gasteiger partial charge on any atom is 1.20 e. The zero-order valence-corrected chi connectivity index (χ0v) is 69.5. The van der Waals surface area contributed by atoms with Gasteiger partial charge in [-0.05, 0) is 120 Å². The van der Waals surface area contributed by atoms with Gasteiger partial charge < -0.3 is 39.8 Å². The maximum atomic E-state index is 14.6. The van der Waals surface area contributed by atoms with E-state index in [4.69, 9.17) is 39.8 Å². The number of carbonyl (C=O) groups excluding carboxylic acids is 6. The van der Waals surface area contributed by atoms with Crippen molar-refractivity contribution >= 4 is 50.4 Å². The van der Waals surface area contributed by atoms with Gasteiger partial charge in [-0.1, -0.05) is 292 Å². The molecule has 0 bridgehead atoms. The van der Waals surface area contributed by atoms with Crippen molar-refractivity contribution in [1.29, 1.82) is 0 Å². The van der Waals surface area contributed by atoms with Crippen molar-refractivity contribution in [2.75, 3.05) is 0 Å². The summed E-state index contributed by atoms with van der Waals surface area (Å²) in [4.78, 5) is 86.7. The fourth-order valence-corrected chi connectivity index (χ4v) is 14.5. The molecule has 0 aromatic heterocycles. The van der Waals surface area contributed by atoms with E-state index in [0.29, 0.717) is 19.3 Å². The number of Topliss-reactive ketones (excluding diaryl/α,β-unsaturated/α-hetero) is 3. The van der Waals surface area contributed by atoms with Crippen LogP contribution in [0.25, 0.3) is 0 Å². The predicted molar refractivity (Wildman–Crippen MR) is 411 cm³/mol. The Bertz CT molecular complexity index is 1780. The van der Waals surface area contributed by atoms with Gasteiger partial charge in [-0.15, -0.1) is 0 Å². The Morgan fingerprint density at radius 2 is 0.360 bits per heavy atom. The highest BCUT2D eigenvalue weighted by Crippen LogP contribution is 2.33. The molecule has 100 heavy (non-hydrogen) atoms. The molecule has 0 saturated carbocycles. The third-order valence-corrected chi connectivity index (χ3v) is 19.7. The summed E-state index contributed by atoms with van der Waals surface area (Å²) in [6.45, 7) is 35.3. The Kier molecular flexibility index (Phi) is 59.4. The highest BCUT2D eigenvalue weighted by atomic mass is 27.3. The summed E-state index contributed by atoms with van der Waals surface area (Å²) in [5, 5.41) is 0. The van der Waals surface area contributed by atoms with Crippen LogP contribution < -0.4 is 0 Å². The van der Waals surface area contributed by atoms with Gasteiger partial charge in [0.05, 0.1) is 36.6 Å². The molecule has 0 rings (SSSR count). The second-order valence-electron chi connectivity index (χ2n) is 32.4. The summed E-state index contributed by atoms with van der Waals surface area (Å²) in [6.07, 6.45) is 43.8. The van der Waals surface area contributed by atoms with E-state index in [1.54, 1.807) is 83.1 Å². The molecule has 0 heterocycles. The van der Waals surface area contributed by atoms with Crippen LogP contribution in [0.3, 0.4) is 0 Å². The zero-order valence-electron chi connectivity index (χ0n) is 68.3. The summed E-state index contributed by atoms with van der Waals surface area (Å²) in [5.41, 5.74) is 0. The van der Waals surface area contributed by atoms with Crippen molar-refractivity contribution in [3.63, 3.8) is 0 Å². The molecule has 0 saturated heterocycles. The first-order chi connectivity index (χ1) is 47.5. The number of rotatable bonds is 72. The lowest BCUT2D eigenvalue weighted by molar-refractivity contribution is -0.258. The number of ether oxygens (including phenoxy) is 6. The van der Waals surface area contributed by atoms with Crippen LogP contribution in [0.4, 0.5) is 0 Å². The summed E-state index contributed by atoms with van der Waals surface area (Å²) in [5.74, 6) is -8.72. The van der Waals surface area contributed by atoms with Gasteiger partial charge in [0.2, 0.25) is 34.7 Å². The minimum Gasteiger partial charge on any atom is -0.550 e. The molecule has 0 amide bonds. The lowest BCUT2D eigenvalue weighted by atomic mass is 9.98. The van der Waals surface area contributed by atoms with Crippen LogP contribution in [0.2, 0.25) is 0 Å². The molecule has 0 aliphatic heterocycles. The van der Waals surface area contributed by atoms with Crippen molar-refractivity contribution in [3.8, 4) is 0 Å².